The van der Waals surface area contributed by atoms with Gasteiger partial charge < -0.3 is 10.6 Å². The Morgan fingerprint density at radius 2 is 1.68 bits per heavy atom. The van der Waals surface area contributed by atoms with E-state index >= 15 is 0 Å². The largest absolute Gasteiger partial charge is 0.359 e. The lowest BCUT2D eigenvalue weighted by Crippen LogP contribution is -2.57. The van der Waals surface area contributed by atoms with Crippen LogP contribution in [0.4, 0.5) is 5.69 Å². The number of rotatable bonds is 4. The molecule has 1 aromatic rings. The first kappa shape index (κ1) is 17.3. The lowest BCUT2D eigenvalue weighted by molar-refractivity contribution is -0.0709. The number of benzene rings is 1. The number of hydrogen-bond donors (Lipinski definition) is 2. The van der Waals surface area contributed by atoms with Gasteiger partial charge in [0, 0.05) is 11.7 Å². The fourth-order valence-corrected chi connectivity index (χ4v) is 6.70. The Balaban J connectivity index is 1.45. The van der Waals surface area contributed by atoms with Gasteiger partial charge in [-0.2, -0.15) is 0 Å². The van der Waals surface area contributed by atoms with Crippen molar-refractivity contribution in [1.29, 1.82) is 0 Å². The Kier molecular flexibility index (Phi) is 4.56. The number of anilines is 1. The van der Waals surface area contributed by atoms with Crippen molar-refractivity contribution in [3.8, 4) is 0 Å². The van der Waals surface area contributed by atoms with E-state index in [0.717, 1.165) is 28.6 Å². The van der Waals surface area contributed by atoms with E-state index in [4.69, 9.17) is 12.2 Å². The van der Waals surface area contributed by atoms with Gasteiger partial charge in [0.15, 0.2) is 5.11 Å². The molecule has 4 aliphatic carbocycles. The summed E-state index contributed by atoms with van der Waals surface area (Å²) in [5, 5.41) is 7.95. The summed E-state index contributed by atoms with van der Waals surface area (Å²) in [6.45, 7) is 6.63. The van der Waals surface area contributed by atoms with Crippen LogP contribution in [0.1, 0.15) is 63.0 Å². The zero-order chi connectivity index (χ0) is 17.6. The summed E-state index contributed by atoms with van der Waals surface area (Å²) in [6, 6.07) is 7.00. The second-order valence-corrected chi connectivity index (χ2v) is 9.55. The fraction of sp³-hybridized carbons (Fsp3) is 0.682. The smallest absolute Gasteiger partial charge is 0.171 e. The van der Waals surface area contributed by atoms with Gasteiger partial charge in [-0.1, -0.05) is 13.0 Å². The second-order valence-electron chi connectivity index (χ2n) is 9.14. The summed E-state index contributed by atoms with van der Waals surface area (Å²) in [5.74, 6) is 2.97. The predicted molar refractivity (Wildman–Crippen MR) is 110 cm³/mol. The molecule has 0 heterocycles. The molecule has 0 spiro atoms. The molecule has 0 saturated heterocycles. The third kappa shape index (κ3) is 3.32. The molecule has 0 aromatic heterocycles. The van der Waals surface area contributed by atoms with Gasteiger partial charge in [-0.25, -0.2) is 0 Å². The molecule has 136 valence electrons. The summed E-state index contributed by atoms with van der Waals surface area (Å²) >= 11 is 5.69. The number of thiocarbonyl (C=S) groups is 1. The lowest BCUT2D eigenvalue weighted by atomic mass is 9.47. The van der Waals surface area contributed by atoms with Gasteiger partial charge in [-0.3, -0.25) is 0 Å². The first-order chi connectivity index (χ1) is 12.0. The van der Waals surface area contributed by atoms with E-state index < -0.39 is 0 Å². The van der Waals surface area contributed by atoms with Crippen LogP contribution in [0.25, 0.3) is 0 Å². The number of hydrogen-bond acceptors (Lipinski definition) is 1. The van der Waals surface area contributed by atoms with Crippen LogP contribution < -0.4 is 10.6 Å². The molecule has 1 atom stereocenters. The summed E-state index contributed by atoms with van der Waals surface area (Å²) in [7, 11) is 0. The maximum Gasteiger partial charge on any atom is 0.171 e. The van der Waals surface area contributed by atoms with E-state index in [1.807, 2.05) is 0 Å². The minimum absolute atomic E-state index is 0.498. The number of aryl methyl sites for hydroxylation is 2. The molecule has 25 heavy (non-hydrogen) atoms. The Hall–Kier alpha value is -1.09. The van der Waals surface area contributed by atoms with E-state index in [0.29, 0.717) is 11.5 Å². The molecule has 4 bridgehead atoms. The van der Waals surface area contributed by atoms with Crippen molar-refractivity contribution in [2.45, 2.75) is 71.8 Å². The van der Waals surface area contributed by atoms with E-state index in [1.54, 1.807) is 0 Å². The maximum absolute atomic E-state index is 5.69. The van der Waals surface area contributed by atoms with Crippen LogP contribution >= 0.6 is 12.2 Å². The SMILES string of the molecule is CCC(NC(=S)Nc1ccc(C)c(C)c1)C12CC3CC(CC(C3)C1)C2. The van der Waals surface area contributed by atoms with Gasteiger partial charge >= 0.3 is 0 Å². The van der Waals surface area contributed by atoms with Gasteiger partial charge in [0.25, 0.3) is 0 Å². The molecule has 1 aromatic carbocycles. The third-order valence-corrected chi connectivity index (χ3v) is 7.52. The van der Waals surface area contributed by atoms with Crippen molar-refractivity contribution in [3.63, 3.8) is 0 Å². The molecule has 0 amide bonds. The van der Waals surface area contributed by atoms with Gasteiger partial charge in [0.1, 0.15) is 0 Å². The van der Waals surface area contributed by atoms with Crippen LogP contribution in [0.3, 0.4) is 0 Å². The van der Waals surface area contributed by atoms with E-state index in [9.17, 15) is 0 Å². The standard InChI is InChI=1S/C22H32N2S/c1-4-20(22-11-16-8-17(12-22)10-18(9-16)13-22)24-21(25)23-19-6-5-14(2)15(3)7-19/h5-7,16-18,20H,4,8-13H2,1-3H3,(H2,23,24,25). The van der Waals surface area contributed by atoms with Crippen molar-refractivity contribution in [2.24, 2.45) is 23.2 Å². The van der Waals surface area contributed by atoms with Crippen LogP contribution in [0.2, 0.25) is 0 Å². The zero-order valence-corrected chi connectivity index (χ0v) is 16.7. The summed E-state index contributed by atoms with van der Waals surface area (Å²) in [4.78, 5) is 0. The minimum Gasteiger partial charge on any atom is -0.359 e. The molecular formula is C22H32N2S. The highest BCUT2D eigenvalue weighted by Crippen LogP contribution is 2.61. The summed E-state index contributed by atoms with van der Waals surface area (Å²) in [6.07, 6.45) is 9.95. The quantitative estimate of drug-likeness (QED) is 0.688. The molecule has 5 rings (SSSR count). The molecule has 2 N–H and O–H groups in total. The Labute approximate surface area is 158 Å². The molecule has 2 nitrogen and oxygen atoms in total. The zero-order valence-electron chi connectivity index (χ0n) is 15.9. The predicted octanol–water partition coefficient (Wildman–Crippen LogP) is 5.58. The fourth-order valence-electron chi connectivity index (χ4n) is 6.44. The van der Waals surface area contributed by atoms with Gasteiger partial charge in [-0.05, 0) is 117 Å². The van der Waals surface area contributed by atoms with Gasteiger partial charge in [0.05, 0.1) is 0 Å². The molecule has 0 radical (unpaired) electrons. The molecule has 4 fully saturated rings. The minimum atomic E-state index is 0.498. The monoisotopic (exact) mass is 356 g/mol. The average molecular weight is 357 g/mol. The summed E-state index contributed by atoms with van der Waals surface area (Å²) in [5.41, 5.74) is 4.23. The van der Waals surface area contributed by atoms with Crippen molar-refractivity contribution in [1.82, 2.24) is 5.32 Å². The van der Waals surface area contributed by atoms with Crippen LogP contribution in [0, 0.1) is 37.0 Å². The van der Waals surface area contributed by atoms with Crippen molar-refractivity contribution < 1.29 is 0 Å². The van der Waals surface area contributed by atoms with Gasteiger partial charge in [0.2, 0.25) is 0 Å². The highest BCUT2D eigenvalue weighted by Gasteiger charge is 2.53. The van der Waals surface area contributed by atoms with Crippen LogP contribution in [0.5, 0.6) is 0 Å². The molecule has 0 aliphatic heterocycles. The molecule has 3 heteroatoms. The van der Waals surface area contributed by atoms with Crippen LogP contribution in [0.15, 0.2) is 18.2 Å². The molecule has 4 saturated carbocycles. The van der Waals surface area contributed by atoms with Crippen molar-refractivity contribution in [2.75, 3.05) is 5.32 Å². The first-order valence-corrected chi connectivity index (χ1v) is 10.5. The third-order valence-electron chi connectivity index (χ3n) is 7.30. The molecule has 1 unspecified atom stereocenters. The topological polar surface area (TPSA) is 24.1 Å². The lowest BCUT2D eigenvalue weighted by Gasteiger charge is -2.59. The summed E-state index contributed by atoms with van der Waals surface area (Å²) < 4.78 is 0. The Bertz CT molecular complexity index is 631. The highest BCUT2D eigenvalue weighted by atomic mass is 32.1. The number of nitrogens with one attached hydrogen (secondary N) is 2. The van der Waals surface area contributed by atoms with E-state index in [1.165, 1.54) is 56.1 Å². The van der Waals surface area contributed by atoms with Crippen molar-refractivity contribution in [3.05, 3.63) is 29.3 Å². The maximum atomic E-state index is 5.69. The average Bonchev–Trinajstić information content (AvgIpc) is 2.54. The van der Waals surface area contributed by atoms with E-state index in [-0.39, 0.29) is 0 Å². The van der Waals surface area contributed by atoms with Crippen LogP contribution in [-0.2, 0) is 0 Å². The Morgan fingerprint density at radius 3 is 2.20 bits per heavy atom. The van der Waals surface area contributed by atoms with Gasteiger partial charge in [-0.15, -0.1) is 0 Å². The highest BCUT2D eigenvalue weighted by molar-refractivity contribution is 7.80. The second kappa shape index (κ2) is 6.57. The normalized spacial score (nSPS) is 34.0. The molecular weight excluding hydrogens is 324 g/mol. The van der Waals surface area contributed by atoms with E-state index in [2.05, 4.69) is 49.6 Å². The van der Waals surface area contributed by atoms with Crippen LogP contribution in [-0.4, -0.2) is 11.2 Å². The first-order valence-electron chi connectivity index (χ1n) is 10.1. The Morgan fingerprint density at radius 1 is 1.08 bits per heavy atom. The van der Waals surface area contributed by atoms with Crippen molar-refractivity contribution >= 4 is 23.0 Å². The molecule has 4 aliphatic rings.